The van der Waals surface area contributed by atoms with Crippen LogP contribution in [0, 0.1) is 50.2 Å². The first-order valence-corrected chi connectivity index (χ1v) is 14.3. The molecule has 0 aromatic rings. The molecule has 4 fully saturated rings. The number of methoxy groups -OCH3 is 1. The fourth-order valence-electron chi connectivity index (χ4n) is 10.8. The first-order valence-electron chi connectivity index (χ1n) is 14.3. The molecule has 0 radical (unpaired) electrons. The van der Waals surface area contributed by atoms with Crippen molar-refractivity contribution in [2.75, 3.05) is 7.11 Å². The molecule has 0 spiro atoms. The molecular weight excluding hydrogens is 436 g/mol. The fourth-order valence-corrected chi connectivity index (χ4v) is 10.8. The van der Waals surface area contributed by atoms with Crippen LogP contribution in [0.25, 0.3) is 0 Å². The number of hydrogen-bond acceptors (Lipinski definition) is 4. The predicted octanol–water partition coefficient (Wildman–Crippen LogP) is 6.29. The number of aliphatic hydroxyl groups is 2. The van der Waals surface area contributed by atoms with Gasteiger partial charge in [0, 0.05) is 0 Å². The van der Waals surface area contributed by atoms with E-state index in [0.717, 1.165) is 38.5 Å². The summed E-state index contributed by atoms with van der Waals surface area (Å²) < 4.78 is 5.43. The monoisotopic (exact) mass is 486 g/mol. The quantitative estimate of drug-likeness (QED) is 0.337. The van der Waals surface area contributed by atoms with Crippen molar-refractivity contribution in [3.63, 3.8) is 0 Å². The summed E-state index contributed by atoms with van der Waals surface area (Å²) >= 11 is 0. The molecule has 35 heavy (non-hydrogen) atoms. The predicted molar refractivity (Wildman–Crippen MR) is 138 cm³/mol. The molecule has 4 nitrogen and oxygen atoms in total. The van der Waals surface area contributed by atoms with Gasteiger partial charge in [0.1, 0.15) is 0 Å². The van der Waals surface area contributed by atoms with Crippen molar-refractivity contribution >= 4 is 5.97 Å². The summed E-state index contributed by atoms with van der Waals surface area (Å²) in [5.41, 5.74) is 1.07. The Morgan fingerprint density at radius 3 is 2.23 bits per heavy atom. The molecule has 0 amide bonds. The van der Waals surface area contributed by atoms with Crippen molar-refractivity contribution in [1.29, 1.82) is 0 Å². The van der Waals surface area contributed by atoms with E-state index in [1.807, 2.05) is 0 Å². The van der Waals surface area contributed by atoms with Crippen LogP contribution in [0.2, 0.25) is 0 Å². The van der Waals surface area contributed by atoms with Gasteiger partial charge in [-0.25, -0.2) is 0 Å². The van der Waals surface area contributed by atoms with Crippen LogP contribution in [-0.2, 0) is 9.53 Å². The van der Waals surface area contributed by atoms with Crippen LogP contribution in [-0.4, -0.2) is 35.5 Å². The summed E-state index contributed by atoms with van der Waals surface area (Å²) in [7, 11) is 1.52. The van der Waals surface area contributed by atoms with Gasteiger partial charge in [-0.05, 0) is 103 Å². The van der Waals surface area contributed by atoms with Crippen molar-refractivity contribution < 1.29 is 19.7 Å². The molecule has 4 heteroatoms. The molecule has 5 aliphatic carbocycles. The SMILES string of the molecule is COC(=O)[C@@]12CC[C@]3(C)C(=CC[C@@H]4[C@@]5(C)CC[C@H](O)C(C)(C)[C@@H]5CC[C@]43C)[C@@H]1CC(C)(C)[C@@H](O)C2. The fraction of sp³-hybridized carbons (Fsp3) is 0.903. The maximum Gasteiger partial charge on any atom is 0.312 e. The smallest absolute Gasteiger partial charge is 0.312 e. The molecule has 2 N–H and O–H groups in total. The molecule has 0 bridgehead atoms. The minimum absolute atomic E-state index is 0.0463. The Balaban J connectivity index is 1.60. The highest BCUT2D eigenvalue weighted by Gasteiger charge is 2.70. The molecule has 0 aliphatic heterocycles. The minimum atomic E-state index is -0.601. The van der Waals surface area contributed by atoms with Crippen molar-refractivity contribution in [3.05, 3.63) is 11.6 Å². The number of carbonyl (C=O) groups excluding carboxylic acids is 1. The molecule has 4 saturated carbocycles. The minimum Gasteiger partial charge on any atom is -0.469 e. The molecular formula is C31H50O4. The number of esters is 1. The van der Waals surface area contributed by atoms with Crippen LogP contribution in [0.5, 0.6) is 0 Å². The Hall–Kier alpha value is -0.870. The number of ether oxygens (including phenoxy) is 1. The summed E-state index contributed by atoms with van der Waals surface area (Å²) in [5.74, 6) is 1.14. The van der Waals surface area contributed by atoms with E-state index in [2.05, 4.69) is 54.5 Å². The summed E-state index contributed by atoms with van der Waals surface area (Å²) in [6.45, 7) is 16.6. The number of carbonyl (C=O) groups is 1. The van der Waals surface area contributed by atoms with E-state index >= 15 is 0 Å². The lowest BCUT2D eigenvalue weighted by atomic mass is 9.33. The van der Waals surface area contributed by atoms with Gasteiger partial charge in [-0.2, -0.15) is 0 Å². The average Bonchev–Trinajstić information content (AvgIpc) is 2.77. The lowest BCUT2D eigenvalue weighted by molar-refractivity contribution is -0.209. The van der Waals surface area contributed by atoms with Crippen LogP contribution in [0.15, 0.2) is 11.6 Å². The van der Waals surface area contributed by atoms with Crippen molar-refractivity contribution in [2.45, 2.75) is 118 Å². The van der Waals surface area contributed by atoms with Crippen LogP contribution in [0.1, 0.15) is 106 Å². The molecule has 0 aromatic heterocycles. The van der Waals surface area contributed by atoms with Crippen molar-refractivity contribution in [3.8, 4) is 0 Å². The van der Waals surface area contributed by atoms with E-state index in [9.17, 15) is 15.0 Å². The van der Waals surface area contributed by atoms with E-state index in [4.69, 9.17) is 4.74 Å². The van der Waals surface area contributed by atoms with Crippen LogP contribution in [0.3, 0.4) is 0 Å². The summed E-state index contributed by atoms with van der Waals surface area (Å²) in [4.78, 5) is 13.4. The summed E-state index contributed by atoms with van der Waals surface area (Å²) in [5, 5.41) is 22.0. The lowest BCUT2D eigenvalue weighted by Crippen LogP contribution is -2.65. The Kier molecular flexibility index (Phi) is 5.59. The van der Waals surface area contributed by atoms with Crippen molar-refractivity contribution in [2.24, 2.45) is 50.2 Å². The number of allylic oxidation sites excluding steroid dienone is 2. The highest BCUT2D eigenvalue weighted by atomic mass is 16.5. The first-order chi connectivity index (χ1) is 16.1. The molecule has 5 aliphatic rings. The number of aliphatic hydroxyl groups excluding tert-OH is 2. The van der Waals surface area contributed by atoms with Gasteiger partial charge in [0.05, 0.1) is 24.7 Å². The topological polar surface area (TPSA) is 66.8 Å². The second-order valence-corrected chi connectivity index (χ2v) is 15.3. The van der Waals surface area contributed by atoms with E-state index in [0.29, 0.717) is 18.3 Å². The molecule has 5 rings (SSSR count). The van der Waals surface area contributed by atoms with Gasteiger partial charge in [-0.3, -0.25) is 4.79 Å². The van der Waals surface area contributed by atoms with Crippen molar-refractivity contribution in [1.82, 2.24) is 0 Å². The van der Waals surface area contributed by atoms with Gasteiger partial charge in [0.2, 0.25) is 0 Å². The Morgan fingerprint density at radius 1 is 0.886 bits per heavy atom. The third-order valence-electron chi connectivity index (χ3n) is 13.4. The van der Waals surface area contributed by atoms with E-state index in [-0.39, 0.29) is 45.1 Å². The highest BCUT2D eigenvalue weighted by Crippen LogP contribution is 2.75. The zero-order valence-corrected chi connectivity index (χ0v) is 23.5. The normalized spacial score (nSPS) is 52.2. The molecule has 0 unspecified atom stereocenters. The Morgan fingerprint density at radius 2 is 1.57 bits per heavy atom. The zero-order chi connectivity index (χ0) is 25.8. The standard InChI is InChI=1S/C31H50O4/c1-26(2)17-20-19-9-10-22-28(5)13-12-23(32)27(3,4)21(28)11-14-30(22,7)29(19,6)15-16-31(20,18-24(26)33)25(34)35-8/h9,20-24,32-33H,10-18H2,1-8H3/t20-,21-,22+,23-,24-,28-,29+,30+,31+/m0/s1. The molecule has 0 heterocycles. The van der Waals surface area contributed by atoms with Gasteiger partial charge in [0.15, 0.2) is 0 Å². The van der Waals surface area contributed by atoms with Crippen LogP contribution < -0.4 is 0 Å². The molecule has 198 valence electrons. The molecule has 0 aromatic carbocycles. The lowest BCUT2D eigenvalue weighted by Gasteiger charge is -2.71. The van der Waals surface area contributed by atoms with Crippen LogP contribution >= 0.6 is 0 Å². The van der Waals surface area contributed by atoms with E-state index < -0.39 is 11.5 Å². The van der Waals surface area contributed by atoms with Crippen LogP contribution in [0.4, 0.5) is 0 Å². The third-order valence-corrected chi connectivity index (χ3v) is 13.4. The highest BCUT2D eigenvalue weighted by molar-refractivity contribution is 5.78. The maximum absolute atomic E-state index is 13.4. The van der Waals surface area contributed by atoms with E-state index in [1.165, 1.54) is 25.5 Å². The second-order valence-electron chi connectivity index (χ2n) is 15.3. The first kappa shape index (κ1) is 25.8. The Bertz CT molecular complexity index is 934. The summed E-state index contributed by atoms with van der Waals surface area (Å²) in [6.07, 6.45) is 10.4. The number of fused-ring (bicyclic) bond motifs is 7. The second kappa shape index (κ2) is 7.59. The average molecular weight is 487 g/mol. The zero-order valence-electron chi connectivity index (χ0n) is 23.5. The largest absolute Gasteiger partial charge is 0.469 e. The van der Waals surface area contributed by atoms with Gasteiger partial charge in [-0.1, -0.05) is 60.1 Å². The third kappa shape index (κ3) is 3.08. The molecule has 0 saturated heterocycles. The van der Waals surface area contributed by atoms with Gasteiger partial charge < -0.3 is 14.9 Å². The number of rotatable bonds is 1. The van der Waals surface area contributed by atoms with Gasteiger partial charge in [0.25, 0.3) is 0 Å². The summed E-state index contributed by atoms with van der Waals surface area (Å²) in [6, 6.07) is 0. The Labute approximate surface area is 213 Å². The maximum atomic E-state index is 13.4. The number of hydrogen-bond donors (Lipinski definition) is 2. The van der Waals surface area contributed by atoms with Gasteiger partial charge >= 0.3 is 5.97 Å². The van der Waals surface area contributed by atoms with Gasteiger partial charge in [-0.15, -0.1) is 0 Å². The molecule has 9 atom stereocenters. The van der Waals surface area contributed by atoms with E-state index in [1.54, 1.807) is 0 Å².